The number of thioether (sulfide) groups is 1. The van der Waals surface area contributed by atoms with Crippen LogP contribution in [0.1, 0.15) is 23.7 Å². The maximum Gasteiger partial charge on any atom is 0.235 e. The van der Waals surface area contributed by atoms with Crippen LogP contribution < -0.4 is 5.73 Å². The van der Waals surface area contributed by atoms with E-state index in [-0.39, 0.29) is 6.10 Å². The molecule has 8 heteroatoms. The summed E-state index contributed by atoms with van der Waals surface area (Å²) < 4.78 is 7.28. The molecule has 1 fully saturated rings. The van der Waals surface area contributed by atoms with Crippen molar-refractivity contribution in [2.75, 3.05) is 6.61 Å². The summed E-state index contributed by atoms with van der Waals surface area (Å²) in [5.74, 6) is -0.414. The highest BCUT2D eigenvalue weighted by Gasteiger charge is 2.24. The third-order valence-corrected chi connectivity index (χ3v) is 4.73. The van der Waals surface area contributed by atoms with Crippen LogP contribution >= 0.6 is 11.8 Å². The quantitative estimate of drug-likeness (QED) is 0.803. The number of amides is 1. The van der Waals surface area contributed by atoms with Crippen molar-refractivity contribution in [2.24, 2.45) is 5.73 Å². The van der Waals surface area contributed by atoms with Crippen molar-refractivity contribution in [3.05, 3.63) is 35.9 Å². The van der Waals surface area contributed by atoms with E-state index in [0.717, 1.165) is 25.0 Å². The Kier molecular flexibility index (Phi) is 4.69. The fraction of sp³-hybridized carbons (Fsp3) is 0.429. The van der Waals surface area contributed by atoms with Gasteiger partial charge >= 0.3 is 0 Å². The van der Waals surface area contributed by atoms with Gasteiger partial charge in [0.05, 0.1) is 12.6 Å². The molecule has 1 aliphatic rings. The van der Waals surface area contributed by atoms with Gasteiger partial charge in [-0.05, 0) is 28.8 Å². The Hall–Kier alpha value is -1.93. The first-order valence-electron chi connectivity index (χ1n) is 7.12. The van der Waals surface area contributed by atoms with Crippen molar-refractivity contribution in [3.63, 3.8) is 0 Å². The van der Waals surface area contributed by atoms with Crippen LogP contribution in [-0.2, 0) is 16.1 Å². The zero-order valence-electron chi connectivity index (χ0n) is 12.0. The molecule has 7 nitrogen and oxygen atoms in total. The zero-order valence-corrected chi connectivity index (χ0v) is 12.8. The lowest BCUT2D eigenvalue weighted by molar-refractivity contribution is -0.117. The van der Waals surface area contributed by atoms with E-state index in [1.165, 1.54) is 11.8 Å². The fourth-order valence-electron chi connectivity index (χ4n) is 2.40. The predicted octanol–water partition coefficient (Wildman–Crippen LogP) is 1.17. The number of rotatable bonds is 6. The Labute approximate surface area is 132 Å². The van der Waals surface area contributed by atoms with Crippen molar-refractivity contribution in [2.45, 2.75) is 35.9 Å². The number of aromatic nitrogens is 4. The largest absolute Gasteiger partial charge is 0.376 e. The minimum Gasteiger partial charge on any atom is -0.376 e. The molecule has 22 heavy (non-hydrogen) atoms. The van der Waals surface area contributed by atoms with Crippen LogP contribution in [0.25, 0.3) is 0 Å². The number of nitrogens with zero attached hydrogens (tertiary/aromatic N) is 4. The molecule has 1 aliphatic heterocycles. The minimum atomic E-state index is -0.518. The van der Waals surface area contributed by atoms with Crippen molar-refractivity contribution >= 4 is 17.7 Å². The van der Waals surface area contributed by atoms with Gasteiger partial charge in [-0.1, -0.05) is 42.1 Å². The van der Waals surface area contributed by atoms with E-state index < -0.39 is 11.2 Å². The van der Waals surface area contributed by atoms with E-state index in [1.54, 1.807) is 4.68 Å². The third kappa shape index (κ3) is 3.45. The van der Waals surface area contributed by atoms with Crippen molar-refractivity contribution in [1.29, 1.82) is 0 Å². The van der Waals surface area contributed by atoms with Gasteiger partial charge in [-0.3, -0.25) is 4.79 Å². The minimum absolute atomic E-state index is 0.131. The highest BCUT2D eigenvalue weighted by atomic mass is 32.2. The van der Waals surface area contributed by atoms with E-state index >= 15 is 0 Å². The molecule has 0 radical (unpaired) electrons. The van der Waals surface area contributed by atoms with Crippen LogP contribution in [0.4, 0.5) is 0 Å². The molecule has 0 unspecified atom stereocenters. The van der Waals surface area contributed by atoms with Gasteiger partial charge in [-0.15, -0.1) is 5.10 Å². The van der Waals surface area contributed by atoms with Gasteiger partial charge in [-0.2, -0.15) is 0 Å². The Morgan fingerprint density at radius 3 is 2.95 bits per heavy atom. The number of ether oxygens (including phenoxy) is 1. The first-order chi connectivity index (χ1) is 10.7. The molecule has 0 aliphatic carbocycles. The smallest absolute Gasteiger partial charge is 0.235 e. The number of hydrogen-bond donors (Lipinski definition) is 1. The second-order valence-electron chi connectivity index (χ2n) is 5.09. The predicted molar refractivity (Wildman–Crippen MR) is 81.0 cm³/mol. The van der Waals surface area contributed by atoms with Crippen molar-refractivity contribution < 1.29 is 9.53 Å². The highest BCUT2D eigenvalue weighted by Crippen LogP contribution is 2.33. The Bertz CT molecular complexity index is 627. The molecule has 2 N–H and O–H groups in total. The van der Waals surface area contributed by atoms with E-state index in [9.17, 15) is 4.79 Å². The Balaban J connectivity index is 1.76. The van der Waals surface area contributed by atoms with Crippen molar-refractivity contribution in [1.82, 2.24) is 20.2 Å². The number of primary amides is 1. The van der Waals surface area contributed by atoms with Crippen LogP contribution in [0.3, 0.4) is 0 Å². The van der Waals surface area contributed by atoms with Gasteiger partial charge in [-0.25, -0.2) is 4.68 Å². The molecule has 0 bridgehead atoms. The highest BCUT2D eigenvalue weighted by molar-refractivity contribution is 8.00. The normalized spacial score (nSPS) is 19.2. The summed E-state index contributed by atoms with van der Waals surface area (Å²) in [4.78, 5) is 11.8. The summed E-state index contributed by atoms with van der Waals surface area (Å²) in [6, 6.07) is 9.39. The lowest BCUT2D eigenvalue weighted by atomic mass is 10.1. The van der Waals surface area contributed by atoms with Gasteiger partial charge in [0, 0.05) is 6.61 Å². The zero-order chi connectivity index (χ0) is 15.4. The molecule has 0 saturated carbocycles. The Morgan fingerprint density at radius 2 is 2.27 bits per heavy atom. The third-order valence-electron chi connectivity index (χ3n) is 3.48. The Morgan fingerprint density at radius 1 is 1.45 bits per heavy atom. The van der Waals surface area contributed by atoms with Gasteiger partial charge in [0.15, 0.2) is 0 Å². The SMILES string of the molecule is NC(=O)[C@@H](Sc1nnnn1C[C@@H]1CCCO1)c1ccccc1. The lowest BCUT2D eigenvalue weighted by Crippen LogP contribution is -2.21. The molecule has 3 rings (SSSR count). The number of nitrogens with two attached hydrogens (primary N) is 1. The molecule has 0 spiro atoms. The molecule has 1 amide bonds. The maximum absolute atomic E-state index is 11.8. The van der Waals surface area contributed by atoms with Gasteiger partial charge in [0.2, 0.25) is 11.1 Å². The monoisotopic (exact) mass is 319 g/mol. The summed E-state index contributed by atoms with van der Waals surface area (Å²) in [6.07, 6.45) is 2.19. The maximum atomic E-state index is 11.8. The van der Waals surface area contributed by atoms with Gasteiger partial charge in [0.1, 0.15) is 5.25 Å². The van der Waals surface area contributed by atoms with Crippen molar-refractivity contribution in [3.8, 4) is 0 Å². The van der Waals surface area contributed by atoms with Crippen LogP contribution in [0.5, 0.6) is 0 Å². The fourth-order valence-corrected chi connectivity index (χ4v) is 3.34. The first kappa shape index (κ1) is 15.0. The topological polar surface area (TPSA) is 95.9 Å². The molecule has 116 valence electrons. The summed E-state index contributed by atoms with van der Waals surface area (Å²) in [5, 5.41) is 11.8. The summed E-state index contributed by atoms with van der Waals surface area (Å²) in [7, 11) is 0. The van der Waals surface area contributed by atoms with Crippen LogP contribution in [-0.4, -0.2) is 38.8 Å². The van der Waals surface area contributed by atoms with E-state index in [2.05, 4.69) is 15.5 Å². The van der Waals surface area contributed by atoms with Crippen LogP contribution in [0, 0.1) is 0 Å². The molecule has 2 aromatic rings. The molecule has 2 heterocycles. The summed E-state index contributed by atoms with van der Waals surface area (Å²) in [6.45, 7) is 1.37. The number of carbonyl (C=O) groups excluding carboxylic acids is 1. The molecular formula is C14H17N5O2S. The molecule has 1 aromatic carbocycles. The summed E-state index contributed by atoms with van der Waals surface area (Å²) >= 11 is 1.26. The van der Waals surface area contributed by atoms with E-state index in [1.807, 2.05) is 30.3 Å². The van der Waals surface area contributed by atoms with E-state index in [4.69, 9.17) is 10.5 Å². The van der Waals surface area contributed by atoms with Crippen LogP contribution in [0.2, 0.25) is 0 Å². The molecule has 2 atom stereocenters. The van der Waals surface area contributed by atoms with Crippen LogP contribution in [0.15, 0.2) is 35.5 Å². The van der Waals surface area contributed by atoms with E-state index in [0.29, 0.717) is 11.7 Å². The van der Waals surface area contributed by atoms with Gasteiger partial charge in [0.25, 0.3) is 0 Å². The number of hydrogen-bond acceptors (Lipinski definition) is 6. The number of carbonyl (C=O) groups is 1. The number of tetrazole rings is 1. The summed E-state index contributed by atoms with van der Waals surface area (Å²) in [5.41, 5.74) is 6.38. The molecule has 1 aromatic heterocycles. The molecular weight excluding hydrogens is 302 g/mol. The average molecular weight is 319 g/mol. The lowest BCUT2D eigenvalue weighted by Gasteiger charge is -2.14. The second-order valence-corrected chi connectivity index (χ2v) is 6.16. The first-order valence-corrected chi connectivity index (χ1v) is 8.00. The number of benzene rings is 1. The molecule has 1 saturated heterocycles. The average Bonchev–Trinajstić information content (AvgIpc) is 3.18. The standard InChI is InChI=1S/C14H17N5O2S/c15-13(20)12(10-5-2-1-3-6-10)22-14-16-17-18-19(14)9-11-7-4-8-21-11/h1-3,5-6,11-12H,4,7-9H2,(H2,15,20)/t11-,12-/m0/s1. The second kappa shape index (κ2) is 6.89. The van der Waals surface area contributed by atoms with Gasteiger partial charge < -0.3 is 10.5 Å².